The Morgan fingerprint density at radius 2 is 1.81 bits per heavy atom. The number of alkyl halides is 3. The Bertz CT molecular complexity index is 962. The number of para-hydroxylation sites is 1. The summed E-state index contributed by atoms with van der Waals surface area (Å²) in [6.45, 7) is 2.45. The number of rotatable bonds is 10. The molecule has 32 heavy (non-hydrogen) atoms. The molecular formula is C22H24F3N3O4. The molecule has 0 bridgehead atoms. The number of amides is 2. The van der Waals surface area contributed by atoms with Crippen LogP contribution < -0.4 is 20.2 Å². The van der Waals surface area contributed by atoms with E-state index in [-0.39, 0.29) is 18.5 Å². The lowest BCUT2D eigenvalue weighted by molar-refractivity contribution is -0.137. The maximum absolute atomic E-state index is 12.7. The molecule has 0 atom stereocenters. The first-order valence-electron chi connectivity index (χ1n) is 9.83. The number of hydrazone groups is 1. The second-order valence-electron chi connectivity index (χ2n) is 6.65. The fourth-order valence-corrected chi connectivity index (χ4v) is 2.61. The molecule has 2 aromatic rings. The van der Waals surface area contributed by atoms with Crippen molar-refractivity contribution in [2.45, 2.75) is 32.4 Å². The Hall–Kier alpha value is -3.56. The molecule has 0 aromatic heterocycles. The lowest BCUT2D eigenvalue weighted by atomic mass is 10.2. The average Bonchev–Trinajstić information content (AvgIpc) is 2.76. The fraction of sp³-hybridized carbons (Fsp3) is 0.318. The summed E-state index contributed by atoms with van der Waals surface area (Å²) in [6.07, 6.45) is -2.73. The van der Waals surface area contributed by atoms with Crippen LogP contribution >= 0.6 is 0 Å². The first kappa shape index (κ1) is 24.7. The van der Waals surface area contributed by atoms with Crippen LogP contribution in [0.2, 0.25) is 0 Å². The zero-order chi connectivity index (χ0) is 23.6. The smallest absolute Gasteiger partial charge is 0.416 e. The van der Waals surface area contributed by atoms with Crippen LogP contribution in [0.15, 0.2) is 47.6 Å². The van der Waals surface area contributed by atoms with Gasteiger partial charge in [-0.3, -0.25) is 9.59 Å². The van der Waals surface area contributed by atoms with E-state index in [1.54, 1.807) is 18.2 Å². The number of nitrogens with one attached hydrogen (secondary N) is 2. The molecule has 0 fully saturated rings. The van der Waals surface area contributed by atoms with Crippen molar-refractivity contribution >= 4 is 23.7 Å². The Morgan fingerprint density at radius 1 is 1.09 bits per heavy atom. The summed E-state index contributed by atoms with van der Waals surface area (Å²) in [4.78, 5) is 23.9. The van der Waals surface area contributed by atoms with Gasteiger partial charge >= 0.3 is 6.18 Å². The van der Waals surface area contributed by atoms with Crippen LogP contribution in [0.25, 0.3) is 0 Å². The summed E-state index contributed by atoms with van der Waals surface area (Å²) in [5.74, 6) is -0.0961. The van der Waals surface area contributed by atoms with Gasteiger partial charge in [0.25, 0.3) is 0 Å². The van der Waals surface area contributed by atoms with Crippen molar-refractivity contribution in [3.63, 3.8) is 0 Å². The molecule has 0 heterocycles. The summed E-state index contributed by atoms with van der Waals surface area (Å²) < 4.78 is 49.2. The molecule has 172 valence electrons. The summed E-state index contributed by atoms with van der Waals surface area (Å²) in [5, 5.41) is 6.21. The lowest BCUT2D eigenvalue weighted by Crippen LogP contribution is -2.20. The SMILES string of the molecule is CCCOc1c(C=NNC(=O)CCC(=O)Nc2cccc(C(F)(F)F)c2)cccc1OC. The van der Waals surface area contributed by atoms with Crippen LogP contribution in [0.3, 0.4) is 0 Å². The van der Waals surface area contributed by atoms with Gasteiger partial charge in [-0.05, 0) is 36.8 Å². The highest BCUT2D eigenvalue weighted by Crippen LogP contribution is 2.31. The second kappa shape index (κ2) is 11.7. The van der Waals surface area contributed by atoms with E-state index in [1.807, 2.05) is 6.92 Å². The molecule has 0 saturated heterocycles. The van der Waals surface area contributed by atoms with Gasteiger partial charge in [0.05, 0.1) is 25.5 Å². The molecule has 0 unspecified atom stereocenters. The minimum Gasteiger partial charge on any atom is -0.493 e. The third-order valence-electron chi connectivity index (χ3n) is 4.13. The maximum Gasteiger partial charge on any atom is 0.416 e. The largest absolute Gasteiger partial charge is 0.493 e. The van der Waals surface area contributed by atoms with Crippen molar-refractivity contribution in [2.75, 3.05) is 19.0 Å². The average molecular weight is 451 g/mol. The zero-order valence-electron chi connectivity index (χ0n) is 17.7. The zero-order valence-corrected chi connectivity index (χ0v) is 17.7. The summed E-state index contributed by atoms with van der Waals surface area (Å²) >= 11 is 0. The molecule has 2 N–H and O–H groups in total. The normalized spacial score (nSPS) is 11.3. The third kappa shape index (κ3) is 7.60. The molecule has 0 aliphatic carbocycles. The monoisotopic (exact) mass is 451 g/mol. The molecule has 7 nitrogen and oxygen atoms in total. The van der Waals surface area contributed by atoms with Gasteiger partial charge in [0, 0.05) is 24.1 Å². The van der Waals surface area contributed by atoms with Crippen LogP contribution in [0, 0.1) is 0 Å². The number of nitrogens with zero attached hydrogens (tertiary/aromatic N) is 1. The minimum atomic E-state index is -4.51. The third-order valence-corrected chi connectivity index (χ3v) is 4.13. The summed E-state index contributed by atoms with van der Waals surface area (Å²) in [5.41, 5.74) is 2.03. The Morgan fingerprint density at radius 3 is 2.50 bits per heavy atom. The number of carbonyl (C=O) groups excluding carboxylic acids is 2. The molecule has 2 aromatic carbocycles. The molecular weight excluding hydrogens is 427 g/mol. The highest BCUT2D eigenvalue weighted by molar-refractivity contribution is 5.93. The number of anilines is 1. The van der Waals surface area contributed by atoms with Gasteiger partial charge < -0.3 is 14.8 Å². The minimum absolute atomic E-state index is 0.000822. The number of benzene rings is 2. The second-order valence-corrected chi connectivity index (χ2v) is 6.65. The highest BCUT2D eigenvalue weighted by atomic mass is 19.4. The molecule has 2 amide bonds. The number of hydrogen-bond donors (Lipinski definition) is 2. The number of halogens is 3. The van der Waals surface area contributed by atoms with E-state index in [1.165, 1.54) is 25.5 Å². The van der Waals surface area contributed by atoms with Gasteiger partial charge in [0.15, 0.2) is 11.5 Å². The summed E-state index contributed by atoms with van der Waals surface area (Å²) in [6, 6.07) is 9.49. The predicted molar refractivity (Wildman–Crippen MR) is 114 cm³/mol. The molecule has 0 aliphatic rings. The highest BCUT2D eigenvalue weighted by Gasteiger charge is 2.30. The van der Waals surface area contributed by atoms with Crippen molar-refractivity contribution in [3.8, 4) is 11.5 Å². The quantitative estimate of drug-likeness (QED) is 0.415. The van der Waals surface area contributed by atoms with Crippen molar-refractivity contribution < 1.29 is 32.2 Å². The molecule has 0 aliphatic heterocycles. The first-order valence-corrected chi connectivity index (χ1v) is 9.83. The van der Waals surface area contributed by atoms with E-state index < -0.39 is 23.6 Å². The number of hydrogen-bond acceptors (Lipinski definition) is 5. The van der Waals surface area contributed by atoms with Gasteiger partial charge in [0.2, 0.25) is 11.8 Å². The summed E-state index contributed by atoms with van der Waals surface area (Å²) in [7, 11) is 1.52. The van der Waals surface area contributed by atoms with E-state index in [0.29, 0.717) is 23.7 Å². The Kier molecular flexibility index (Phi) is 9.06. The molecule has 10 heteroatoms. The van der Waals surface area contributed by atoms with E-state index in [0.717, 1.165) is 18.6 Å². The van der Waals surface area contributed by atoms with Crippen LogP contribution in [0.1, 0.15) is 37.3 Å². The molecule has 0 spiro atoms. The predicted octanol–water partition coefficient (Wildman–Crippen LogP) is 4.37. The van der Waals surface area contributed by atoms with Gasteiger partial charge in [0.1, 0.15) is 0 Å². The fourth-order valence-electron chi connectivity index (χ4n) is 2.61. The van der Waals surface area contributed by atoms with E-state index in [2.05, 4.69) is 15.8 Å². The van der Waals surface area contributed by atoms with Crippen LogP contribution in [0.4, 0.5) is 18.9 Å². The van der Waals surface area contributed by atoms with Crippen LogP contribution in [-0.2, 0) is 15.8 Å². The topological polar surface area (TPSA) is 89.0 Å². The lowest BCUT2D eigenvalue weighted by Gasteiger charge is -2.12. The van der Waals surface area contributed by atoms with Crippen molar-refractivity contribution in [1.29, 1.82) is 0 Å². The van der Waals surface area contributed by atoms with E-state index >= 15 is 0 Å². The van der Waals surface area contributed by atoms with Crippen LogP contribution in [-0.4, -0.2) is 31.7 Å². The molecule has 2 rings (SSSR count). The van der Waals surface area contributed by atoms with Crippen LogP contribution in [0.5, 0.6) is 11.5 Å². The number of ether oxygens (including phenoxy) is 2. The van der Waals surface area contributed by atoms with Gasteiger partial charge in [-0.2, -0.15) is 18.3 Å². The van der Waals surface area contributed by atoms with Crippen molar-refractivity contribution in [2.24, 2.45) is 5.10 Å². The first-order chi connectivity index (χ1) is 15.2. The standard InChI is InChI=1S/C22H24F3N3O4/c1-3-12-32-21-15(6-4-9-18(21)31-2)14-26-28-20(30)11-10-19(29)27-17-8-5-7-16(13-17)22(23,24)25/h4-9,13-14H,3,10-12H2,1-2H3,(H,27,29)(H,28,30). The van der Waals surface area contributed by atoms with Gasteiger partial charge in [-0.1, -0.05) is 19.1 Å². The Labute approximate surface area is 183 Å². The maximum atomic E-state index is 12.7. The number of methoxy groups -OCH3 is 1. The van der Waals surface area contributed by atoms with Gasteiger partial charge in [-0.15, -0.1) is 0 Å². The number of carbonyl (C=O) groups is 2. The Balaban J connectivity index is 1.87. The van der Waals surface area contributed by atoms with Gasteiger partial charge in [-0.25, -0.2) is 5.43 Å². The molecule has 0 saturated carbocycles. The van der Waals surface area contributed by atoms with E-state index in [9.17, 15) is 22.8 Å². The molecule has 0 radical (unpaired) electrons. The van der Waals surface area contributed by atoms with E-state index in [4.69, 9.17) is 9.47 Å². The van der Waals surface area contributed by atoms with Crippen molar-refractivity contribution in [3.05, 3.63) is 53.6 Å². The van der Waals surface area contributed by atoms with Crippen molar-refractivity contribution in [1.82, 2.24) is 5.43 Å².